The average Bonchev–Trinajstić information content (AvgIpc) is 1.99. The van der Waals surface area contributed by atoms with Crippen LogP contribution in [0.5, 0.6) is 0 Å². The van der Waals surface area contributed by atoms with Crippen LogP contribution in [0.1, 0.15) is 26.7 Å². The lowest BCUT2D eigenvalue weighted by Crippen LogP contribution is -2.32. The van der Waals surface area contributed by atoms with Crippen molar-refractivity contribution >= 4 is 5.91 Å². The van der Waals surface area contributed by atoms with Gasteiger partial charge in [0.25, 0.3) is 0 Å². The highest BCUT2D eigenvalue weighted by Gasteiger charge is 2.05. The van der Waals surface area contributed by atoms with Gasteiger partial charge in [0, 0.05) is 6.42 Å². The van der Waals surface area contributed by atoms with E-state index in [4.69, 9.17) is 5.26 Å². The van der Waals surface area contributed by atoms with Gasteiger partial charge >= 0.3 is 0 Å². The van der Waals surface area contributed by atoms with E-state index in [-0.39, 0.29) is 11.9 Å². The molecule has 56 valence electrons. The first-order valence-corrected chi connectivity index (χ1v) is 3.43. The summed E-state index contributed by atoms with van der Waals surface area (Å²) in [6.45, 7) is 3.63. The molecule has 1 atom stereocenters. The highest BCUT2D eigenvalue weighted by Crippen LogP contribution is 1.88. The zero-order valence-corrected chi connectivity index (χ0v) is 6.35. The molecule has 0 fully saturated rings. The minimum atomic E-state index is -0.313. The molecule has 0 aliphatic rings. The van der Waals surface area contributed by atoms with Crippen LogP contribution in [0.2, 0.25) is 0 Å². The maximum absolute atomic E-state index is 10.7. The third-order valence-electron chi connectivity index (χ3n) is 1.22. The van der Waals surface area contributed by atoms with E-state index in [1.807, 2.05) is 13.0 Å². The number of rotatable bonds is 3. The Morgan fingerprint density at radius 3 is 2.60 bits per heavy atom. The van der Waals surface area contributed by atoms with E-state index < -0.39 is 0 Å². The van der Waals surface area contributed by atoms with Crippen LogP contribution in [-0.2, 0) is 4.79 Å². The maximum Gasteiger partial charge on any atom is 0.220 e. The number of carbonyl (C=O) groups is 1. The van der Waals surface area contributed by atoms with Crippen molar-refractivity contribution in [3.63, 3.8) is 0 Å². The molecule has 0 aliphatic carbocycles. The van der Waals surface area contributed by atoms with Crippen molar-refractivity contribution in [1.29, 1.82) is 5.26 Å². The summed E-state index contributed by atoms with van der Waals surface area (Å²) >= 11 is 0. The molecule has 0 saturated carbocycles. The molecule has 0 bridgehead atoms. The van der Waals surface area contributed by atoms with Gasteiger partial charge in [0.2, 0.25) is 5.91 Å². The Balaban J connectivity index is 3.66. The molecule has 0 rings (SSSR count). The normalized spacial score (nSPS) is 11.7. The molecule has 3 nitrogen and oxygen atoms in total. The van der Waals surface area contributed by atoms with E-state index in [2.05, 4.69) is 5.32 Å². The van der Waals surface area contributed by atoms with Crippen LogP contribution in [0.3, 0.4) is 0 Å². The fourth-order valence-electron chi connectivity index (χ4n) is 0.522. The Morgan fingerprint density at radius 1 is 1.70 bits per heavy atom. The lowest BCUT2D eigenvalue weighted by atomic mass is 10.2. The molecule has 0 heterocycles. The van der Waals surface area contributed by atoms with Gasteiger partial charge < -0.3 is 5.32 Å². The molecular weight excluding hydrogens is 128 g/mol. The predicted molar refractivity (Wildman–Crippen MR) is 38.1 cm³/mol. The van der Waals surface area contributed by atoms with Crippen molar-refractivity contribution in [2.24, 2.45) is 0 Å². The van der Waals surface area contributed by atoms with Gasteiger partial charge in [-0.3, -0.25) is 4.79 Å². The molecular formula is C7H12N2O. The first-order valence-electron chi connectivity index (χ1n) is 3.43. The minimum Gasteiger partial charge on any atom is -0.340 e. The smallest absolute Gasteiger partial charge is 0.220 e. The average molecular weight is 140 g/mol. The number of nitrogens with zero attached hydrogens (tertiary/aromatic N) is 1. The summed E-state index contributed by atoms with van der Waals surface area (Å²) in [6.07, 6.45) is 1.11. The van der Waals surface area contributed by atoms with Crippen molar-refractivity contribution in [2.75, 3.05) is 0 Å². The number of amides is 1. The Bertz CT molecular complexity index is 148. The topological polar surface area (TPSA) is 52.9 Å². The second-order valence-corrected chi connectivity index (χ2v) is 2.01. The quantitative estimate of drug-likeness (QED) is 0.630. The SMILES string of the molecule is CCC(=O)N[C@@H](C#N)CC. The van der Waals surface area contributed by atoms with E-state index in [0.29, 0.717) is 12.8 Å². The molecule has 0 radical (unpaired) electrons. The first kappa shape index (κ1) is 8.96. The monoisotopic (exact) mass is 140 g/mol. The lowest BCUT2D eigenvalue weighted by Gasteiger charge is -2.06. The molecule has 0 saturated heterocycles. The van der Waals surface area contributed by atoms with Gasteiger partial charge in [-0.1, -0.05) is 13.8 Å². The molecule has 3 heteroatoms. The zero-order valence-electron chi connectivity index (χ0n) is 6.35. The van der Waals surface area contributed by atoms with E-state index in [9.17, 15) is 4.79 Å². The summed E-state index contributed by atoms with van der Waals surface area (Å²) in [6, 6.07) is 1.67. The van der Waals surface area contributed by atoms with E-state index >= 15 is 0 Å². The van der Waals surface area contributed by atoms with Crippen LogP contribution >= 0.6 is 0 Å². The molecule has 0 aromatic heterocycles. The molecule has 10 heavy (non-hydrogen) atoms. The Hall–Kier alpha value is -1.04. The van der Waals surface area contributed by atoms with E-state index in [0.717, 1.165) is 0 Å². The molecule has 0 spiro atoms. The minimum absolute atomic E-state index is 0.0617. The van der Waals surface area contributed by atoms with Crippen LogP contribution in [0.4, 0.5) is 0 Å². The fourth-order valence-corrected chi connectivity index (χ4v) is 0.522. The van der Waals surface area contributed by atoms with Crippen LogP contribution < -0.4 is 5.32 Å². The summed E-state index contributed by atoms with van der Waals surface area (Å²) in [5.41, 5.74) is 0. The van der Waals surface area contributed by atoms with Gasteiger partial charge in [0.1, 0.15) is 6.04 Å². The van der Waals surface area contributed by atoms with Gasteiger partial charge in [0.15, 0.2) is 0 Å². The molecule has 0 aromatic carbocycles. The number of nitrogens with one attached hydrogen (secondary N) is 1. The molecule has 0 aliphatic heterocycles. The second kappa shape index (κ2) is 4.80. The van der Waals surface area contributed by atoms with Gasteiger partial charge in [0.05, 0.1) is 6.07 Å². The highest BCUT2D eigenvalue weighted by molar-refractivity contribution is 5.76. The van der Waals surface area contributed by atoms with E-state index in [1.54, 1.807) is 6.92 Å². The summed E-state index contributed by atoms with van der Waals surface area (Å²) in [4.78, 5) is 10.7. The lowest BCUT2D eigenvalue weighted by molar-refractivity contribution is -0.121. The summed E-state index contributed by atoms with van der Waals surface area (Å²) in [5, 5.41) is 11.0. The van der Waals surface area contributed by atoms with Crippen molar-refractivity contribution in [3.05, 3.63) is 0 Å². The molecule has 0 aromatic rings. The van der Waals surface area contributed by atoms with E-state index in [1.165, 1.54) is 0 Å². The number of carbonyl (C=O) groups excluding carboxylic acids is 1. The largest absolute Gasteiger partial charge is 0.340 e. The zero-order chi connectivity index (χ0) is 7.98. The first-order chi connectivity index (χ1) is 4.74. The third kappa shape index (κ3) is 3.08. The van der Waals surface area contributed by atoms with Gasteiger partial charge in [-0.2, -0.15) is 5.26 Å². The third-order valence-corrected chi connectivity index (χ3v) is 1.22. The van der Waals surface area contributed by atoms with Crippen LogP contribution in [-0.4, -0.2) is 11.9 Å². The Kier molecular flexibility index (Phi) is 4.30. The number of nitriles is 1. The fraction of sp³-hybridized carbons (Fsp3) is 0.714. The highest BCUT2D eigenvalue weighted by atomic mass is 16.1. The number of hydrogen-bond donors (Lipinski definition) is 1. The summed E-state index contributed by atoms with van der Waals surface area (Å²) in [7, 11) is 0. The summed E-state index contributed by atoms with van der Waals surface area (Å²) in [5.74, 6) is -0.0617. The van der Waals surface area contributed by atoms with Crippen LogP contribution in [0.25, 0.3) is 0 Å². The van der Waals surface area contributed by atoms with Gasteiger partial charge in [-0.25, -0.2) is 0 Å². The van der Waals surface area contributed by atoms with Crippen molar-refractivity contribution in [3.8, 4) is 6.07 Å². The molecule has 0 unspecified atom stereocenters. The standard InChI is InChI=1S/C7H12N2O/c1-3-6(5-8)9-7(10)4-2/h6H,3-4H2,1-2H3,(H,9,10)/t6-/m1/s1. The molecule has 1 N–H and O–H groups in total. The van der Waals surface area contributed by atoms with Crippen molar-refractivity contribution in [1.82, 2.24) is 5.32 Å². The van der Waals surface area contributed by atoms with Crippen LogP contribution in [0, 0.1) is 11.3 Å². The van der Waals surface area contributed by atoms with Gasteiger partial charge in [-0.05, 0) is 6.42 Å². The summed E-state index contributed by atoms with van der Waals surface area (Å²) < 4.78 is 0. The Labute approximate surface area is 61.0 Å². The van der Waals surface area contributed by atoms with Gasteiger partial charge in [-0.15, -0.1) is 0 Å². The molecule has 1 amide bonds. The Morgan fingerprint density at radius 2 is 2.30 bits per heavy atom. The van der Waals surface area contributed by atoms with Crippen molar-refractivity contribution in [2.45, 2.75) is 32.7 Å². The maximum atomic E-state index is 10.7. The second-order valence-electron chi connectivity index (χ2n) is 2.01. The number of hydrogen-bond acceptors (Lipinski definition) is 2. The van der Waals surface area contributed by atoms with Crippen molar-refractivity contribution < 1.29 is 4.79 Å². The predicted octanol–water partition coefficient (Wildman–Crippen LogP) is 0.815. The van der Waals surface area contributed by atoms with Crippen LogP contribution in [0.15, 0.2) is 0 Å².